The molecule has 26 heavy (non-hydrogen) atoms. The van der Waals surface area contributed by atoms with E-state index in [-0.39, 0.29) is 35.2 Å². The standard InChI is InChI=1S/C19H24FN3OS.HI/c1-21-18(22-12-15-5-10-25-13-15)23-14-19(6-8-24-9-7-19)16-3-2-4-17(20)11-16;/h2-5,10-11,13H,6-9,12,14H2,1H3,(H2,21,22,23);1H. The van der Waals surface area contributed by atoms with Crippen LogP contribution >= 0.6 is 35.3 Å². The van der Waals surface area contributed by atoms with Crippen LogP contribution < -0.4 is 10.6 Å². The minimum absolute atomic E-state index is 0. The van der Waals surface area contributed by atoms with Crippen LogP contribution in [-0.2, 0) is 16.7 Å². The third-order valence-electron chi connectivity index (χ3n) is 4.74. The number of hydrogen-bond donors (Lipinski definition) is 2. The maximum absolute atomic E-state index is 13.7. The molecule has 142 valence electrons. The van der Waals surface area contributed by atoms with Crippen molar-refractivity contribution in [3.8, 4) is 0 Å². The van der Waals surface area contributed by atoms with Gasteiger partial charge in [0.2, 0.25) is 0 Å². The second-order valence-corrected chi connectivity index (χ2v) is 7.09. The van der Waals surface area contributed by atoms with Crippen molar-refractivity contribution in [1.82, 2.24) is 10.6 Å². The van der Waals surface area contributed by atoms with Crippen molar-refractivity contribution in [1.29, 1.82) is 0 Å². The number of nitrogens with one attached hydrogen (secondary N) is 2. The van der Waals surface area contributed by atoms with Crippen LogP contribution in [0, 0.1) is 5.82 Å². The van der Waals surface area contributed by atoms with Crippen LogP contribution in [0.15, 0.2) is 46.1 Å². The Morgan fingerprint density at radius 1 is 1.27 bits per heavy atom. The molecule has 7 heteroatoms. The Morgan fingerprint density at radius 2 is 2.08 bits per heavy atom. The van der Waals surface area contributed by atoms with E-state index in [2.05, 4.69) is 32.5 Å². The molecule has 0 saturated carbocycles. The Labute approximate surface area is 175 Å². The summed E-state index contributed by atoms with van der Waals surface area (Å²) in [5.74, 6) is 0.566. The smallest absolute Gasteiger partial charge is 0.191 e. The fourth-order valence-electron chi connectivity index (χ4n) is 3.20. The third kappa shape index (κ3) is 5.40. The zero-order valence-electron chi connectivity index (χ0n) is 14.8. The van der Waals surface area contributed by atoms with Gasteiger partial charge in [-0.15, -0.1) is 24.0 Å². The first-order chi connectivity index (χ1) is 12.2. The van der Waals surface area contributed by atoms with Crippen molar-refractivity contribution in [3.05, 3.63) is 58.0 Å². The van der Waals surface area contributed by atoms with Crippen LogP contribution in [0.5, 0.6) is 0 Å². The average molecular weight is 489 g/mol. The molecule has 4 nitrogen and oxygen atoms in total. The van der Waals surface area contributed by atoms with Gasteiger partial charge in [0.05, 0.1) is 0 Å². The predicted octanol–water partition coefficient (Wildman–Crippen LogP) is 3.92. The normalized spacial score (nSPS) is 16.6. The fraction of sp³-hybridized carbons (Fsp3) is 0.421. The maximum atomic E-state index is 13.7. The molecule has 0 atom stereocenters. The number of thiophene rings is 1. The zero-order chi connectivity index (χ0) is 17.5. The van der Waals surface area contributed by atoms with Crippen molar-refractivity contribution in [2.24, 2.45) is 4.99 Å². The Bertz CT molecular complexity index is 703. The van der Waals surface area contributed by atoms with Gasteiger partial charge in [-0.1, -0.05) is 12.1 Å². The average Bonchev–Trinajstić information content (AvgIpc) is 3.16. The Kier molecular flexibility index (Phi) is 8.30. The van der Waals surface area contributed by atoms with E-state index in [1.54, 1.807) is 30.5 Å². The molecule has 0 bridgehead atoms. The minimum Gasteiger partial charge on any atom is -0.381 e. The number of aliphatic imine (C=N–C) groups is 1. The lowest BCUT2D eigenvalue weighted by Crippen LogP contribution is -2.47. The molecule has 1 aliphatic heterocycles. The number of nitrogens with zero attached hydrogens (tertiary/aromatic N) is 1. The van der Waals surface area contributed by atoms with E-state index >= 15 is 0 Å². The van der Waals surface area contributed by atoms with E-state index in [4.69, 9.17) is 4.74 Å². The molecule has 1 saturated heterocycles. The van der Waals surface area contributed by atoms with Crippen molar-refractivity contribution < 1.29 is 9.13 Å². The molecular formula is C19H25FIN3OS. The van der Waals surface area contributed by atoms with Crippen LogP contribution in [0.3, 0.4) is 0 Å². The highest BCUT2D eigenvalue weighted by molar-refractivity contribution is 14.0. The lowest BCUT2D eigenvalue weighted by atomic mass is 9.74. The second kappa shape index (κ2) is 10.2. The van der Waals surface area contributed by atoms with Gasteiger partial charge in [-0.25, -0.2) is 4.39 Å². The second-order valence-electron chi connectivity index (χ2n) is 6.31. The Balaban J connectivity index is 0.00000243. The Hall–Kier alpha value is -1.19. The summed E-state index contributed by atoms with van der Waals surface area (Å²) in [5, 5.41) is 10.9. The summed E-state index contributed by atoms with van der Waals surface area (Å²) >= 11 is 1.68. The number of guanidine groups is 1. The fourth-order valence-corrected chi connectivity index (χ4v) is 3.87. The highest BCUT2D eigenvalue weighted by atomic mass is 127. The quantitative estimate of drug-likeness (QED) is 0.380. The van der Waals surface area contributed by atoms with E-state index in [1.807, 2.05) is 6.07 Å². The molecule has 0 aliphatic carbocycles. The van der Waals surface area contributed by atoms with E-state index in [0.717, 1.165) is 30.9 Å². The first kappa shape index (κ1) is 21.1. The number of ether oxygens (including phenoxy) is 1. The summed E-state index contributed by atoms with van der Waals surface area (Å²) < 4.78 is 19.3. The molecule has 0 spiro atoms. The molecule has 2 aromatic rings. The SMILES string of the molecule is CN=C(NCc1ccsc1)NCC1(c2cccc(F)c2)CCOCC1.I. The number of halogens is 2. The molecule has 0 unspecified atom stereocenters. The van der Waals surface area contributed by atoms with Crippen molar-refractivity contribution in [2.75, 3.05) is 26.8 Å². The summed E-state index contributed by atoms with van der Waals surface area (Å²) in [6.45, 7) is 2.82. The summed E-state index contributed by atoms with van der Waals surface area (Å²) in [7, 11) is 1.77. The van der Waals surface area contributed by atoms with Gasteiger partial charge in [0, 0.05) is 38.8 Å². The highest BCUT2D eigenvalue weighted by Gasteiger charge is 2.34. The van der Waals surface area contributed by atoms with E-state index in [9.17, 15) is 4.39 Å². The van der Waals surface area contributed by atoms with Gasteiger partial charge in [0.25, 0.3) is 0 Å². The van der Waals surface area contributed by atoms with Gasteiger partial charge in [0.1, 0.15) is 5.82 Å². The minimum atomic E-state index is -0.191. The number of rotatable bonds is 5. The van der Waals surface area contributed by atoms with Gasteiger partial charge in [-0.3, -0.25) is 4.99 Å². The van der Waals surface area contributed by atoms with Crippen LogP contribution in [0.2, 0.25) is 0 Å². The monoisotopic (exact) mass is 489 g/mol. The molecule has 0 radical (unpaired) electrons. The maximum Gasteiger partial charge on any atom is 0.191 e. The van der Waals surface area contributed by atoms with E-state index in [0.29, 0.717) is 19.8 Å². The van der Waals surface area contributed by atoms with Crippen molar-refractivity contribution in [2.45, 2.75) is 24.8 Å². The molecule has 0 amide bonds. The van der Waals surface area contributed by atoms with Crippen LogP contribution in [0.25, 0.3) is 0 Å². The molecule has 3 rings (SSSR count). The number of benzene rings is 1. The van der Waals surface area contributed by atoms with Gasteiger partial charge in [-0.05, 0) is 52.9 Å². The lowest BCUT2D eigenvalue weighted by Gasteiger charge is -2.38. The zero-order valence-corrected chi connectivity index (χ0v) is 18.0. The number of hydrogen-bond acceptors (Lipinski definition) is 3. The highest BCUT2D eigenvalue weighted by Crippen LogP contribution is 2.34. The van der Waals surface area contributed by atoms with Crippen molar-refractivity contribution >= 4 is 41.3 Å². The van der Waals surface area contributed by atoms with E-state index in [1.165, 1.54) is 11.6 Å². The summed E-state index contributed by atoms with van der Waals surface area (Å²) in [6.07, 6.45) is 1.73. The first-order valence-corrected chi connectivity index (χ1v) is 9.45. The molecular weight excluding hydrogens is 464 g/mol. The first-order valence-electron chi connectivity index (χ1n) is 8.51. The third-order valence-corrected chi connectivity index (χ3v) is 5.48. The molecule has 2 heterocycles. The van der Waals surface area contributed by atoms with Crippen molar-refractivity contribution in [3.63, 3.8) is 0 Å². The Morgan fingerprint density at radius 3 is 2.73 bits per heavy atom. The van der Waals surface area contributed by atoms with Crippen LogP contribution in [0.4, 0.5) is 4.39 Å². The predicted molar refractivity (Wildman–Crippen MR) is 116 cm³/mol. The molecule has 1 aromatic carbocycles. The van der Waals surface area contributed by atoms with Crippen LogP contribution in [0.1, 0.15) is 24.0 Å². The van der Waals surface area contributed by atoms with E-state index < -0.39 is 0 Å². The largest absolute Gasteiger partial charge is 0.381 e. The molecule has 1 aliphatic rings. The van der Waals surface area contributed by atoms with Gasteiger partial charge < -0.3 is 15.4 Å². The van der Waals surface area contributed by atoms with Gasteiger partial charge >= 0.3 is 0 Å². The van der Waals surface area contributed by atoms with Gasteiger partial charge in [-0.2, -0.15) is 11.3 Å². The molecule has 1 fully saturated rings. The summed E-state index contributed by atoms with van der Waals surface area (Å²) in [6, 6.07) is 9.03. The molecule has 2 N–H and O–H groups in total. The lowest BCUT2D eigenvalue weighted by molar-refractivity contribution is 0.0513. The van der Waals surface area contributed by atoms with Gasteiger partial charge in [0.15, 0.2) is 5.96 Å². The molecule has 1 aromatic heterocycles. The summed E-state index contributed by atoms with van der Waals surface area (Å²) in [5.41, 5.74) is 2.12. The van der Waals surface area contributed by atoms with Crippen LogP contribution in [-0.4, -0.2) is 32.8 Å². The summed E-state index contributed by atoms with van der Waals surface area (Å²) in [4.78, 5) is 4.31. The topological polar surface area (TPSA) is 45.7 Å².